The molecule has 2 atom stereocenters. The number of primary amides is 1. The summed E-state index contributed by atoms with van der Waals surface area (Å²) in [5, 5.41) is 5.34. The number of rotatable bonds is 11. The molecule has 0 heterocycles. The molecule has 0 saturated carbocycles. The number of nitrogens with one attached hydrogen (secondary N) is 2. The number of hydrogen-bond donors (Lipinski definition) is 3. The van der Waals surface area contributed by atoms with Crippen LogP contribution in [-0.2, 0) is 27.4 Å². The minimum atomic E-state index is -0.920. The van der Waals surface area contributed by atoms with Crippen molar-refractivity contribution in [3.05, 3.63) is 96.1 Å². The normalized spacial score (nSPS) is 12.4. The lowest BCUT2D eigenvalue weighted by atomic mass is 9.99. The van der Waals surface area contributed by atoms with Gasteiger partial charge in [0.15, 0.2) is 0 Å². The molecular weight excluding hydrogens is 454 g/mol. The summed E-state index contributed by atoms with van der Waals surface area (Å²) in [5.74, 6) is -1.01. The van der Waals surface area contributed by atoms with E-state index in [1.165, 1.54) is 0 Å². The van der Waals surface area contributed by atoms with Gasteiger partial charge >= 0.3 is 6.09 Å². The van der Waals surface area contributed by atoms with E-state index in [0.29, 0.717) is 6.42 Å². The van der Waals surface area contributed by atoms with Gasteiger partial charge in [0.2, 0.25) is 11.8 Å². The van der Waals surface area contributed by atoms with Gasteiger partial charge in [-0.05, 0) is 34.6 Å². The van der Waals surface area contributed by atoms with Crippen LogP contribution in [0.4, 0.5) is 4.79 Å². The zero-order chi connectivity index (χ0) is 25.9. The maximum absolute atomic E-state index is 13.0. The molecule has 0 unspecified atom stereocenters. The van der Waals surface area contributed by atoms with Gasteiger partial charge in [-0.15, -0.1) is 0 Å². The Hall–Kier alpha value is -4.13. The molecule has 0 saturated heterocycles. The second kappa shape index (κ2) is 13.1. The molecule has 0 aliphatic rings. The number of carbonyl (C=O) groups excluding carboxylic acids is 3. The average Bonchev–Trinajstić information content (AvgIpc) is 2.88. The molecule has 0 radical (unpaired) electrons. The summed E-state index contributed by atoms with van der Waals surface area (Å²) < 4.78 is 5.26. The fourth-order valence-corrected chi connectivity index (χ4v) is 3.80. The fraction of sp³-hybridized carbons (Fsp3) is 0.276. The van der Waals surface area contributed by atoms with Crippen molar-refractivity contribution in [2.24, 2.45) is 11.7 Å². The Morgan fingerprint density at radius 3 is 1.92 bits per heavy atom. The van der Waals surface area contributed by atoms with Crippen molar-refractivity contribution >= 4 is 17.9 Å². The van der Waals surface area contributed by atoms with Crippen molar-refractivity contribution in [2.45, 2.75) is 45.4 Å². The van der Waals surface area contributed by atoms with Crippen molar-refractivity contribution in [3.8, 4) is 11.1 Å². The number of alkyl carbamates (subject to hydrolysis) is 1. The highest BCUT2D eigenvalue weighted by molar-refractivity contribution is 5.90. The SMILES string of the molecule is CC(C)C[C@H](NC(=O)OCc1ccccc1)C(=O)N[C@H](Cc1ccc(-c2ccccc2)cc1)C(N)=O. The maximum Gasteiger partial charge on any atom is 0.408 e. The highest BCUT2D eigenvalue weighted by Gasteiger charge is 2.27. The van der Waals surface area contributed by atoms with Gasteiger partial charge in [0, 0.05) is 6.42 Å². The van der Waals surface area contributed by atoms with E-state index in [1.807, 2.05) is 98.8 Å². The Balaban J connectivity index is 1.61. The van der Waals surface area contributed by atoms with Crippen molar-refractivity contribution in [1.29, 1.82) is 0 Å². The van der Waals surface area contributed by atoms with Gasteiger partial charge in [0.05, 0.1) is 0 Å². The van der Waals surface area contributed by atoms with Gasteiger partial charge in [-0.3, -0.25) is 9.59 Å². The molecular formula is C29H33N3O4. The maximum atomic E-state index is 13.0. The summed E-state index contributed by atoms with van der Waals surface area (Å²) in [4.78, 5) is 37.6. The molecule has 0 aliphatic carbocycles. The molecule has 3 rings (SSSR count). The van der Waals surface area contributed by atoms with E-state index >= 15 is 0 Å². The van der Waals surface area contributed by atoms with E-state index in [-0.39, 0.29) is 18.9 Å². The van der Waals surface area contributed by atoms with Crippen LogP contribution in [0.2, 0.25) is 0 Å². The first-order valence-electron chi connectivity index (χ1n) is 12.0. The third-order valence-electron chi connectivity index (χ3n) is 5.69. The molecule has 0 spiro atoms. The third kappa shape index (κ3) is 8.27. The lowest BCUT2D eigenvalue weighted by Gasteiger charge is -2.23. The first kappa shape index (κ1) is 26.5. The summed E-state index contributed by atoms with van der Waals surface area (Å²) in [6, 6.07) is 25.2. The fourth-order valence-electron chi connectivity index (χ4n) is 3.80. The van der Waals surface area contributed by atoms with E-state index in [4.69, 9.17) is 10.5 Å². The van der Waals surface area contributed by atoms with Gasteiger partial charge in [-0.2, -0.15) is 0 Å². The number of benzene rings is 3. The zero-order valence-electron chi connectivity index (χ0n) is 20.6. The molecule has 36 heavy (non-hydrogen) atoms. The second-order valence-electron chi connectivity index (χ2n) is 9.12. The van der Waals surface area contributed by atoms with E-state index in [0.717, 1.165) is 22.3 Å². The lowest BCUT2D eigenvalue weighted by Crippen LogP contribution is -2.54. The number of amides is 3. The van der Waals surface area contributed by atoms with Gasteiger partial charge in [-0.1, -0.05) is 98.8 Å². The smallest absolute Gasteiger partial charge is 0.408 e. The van der Waals surface area contributed by atoms with Crippen LogP contribution < -0.4 is 16.4 Å². The van der Waals surface area contributed by atoms with Crippen LogP contribution in [0.5, 0.6) is 0 Å². The summed E-state index contributed by atoms with van der Waals surface area (Å²) in [6.07, 6.45) is -0.0845. The average molecular weight is 488 g/mol. The highest BCUT2D eigenvalue weighted by Crippen LogP contribution is 2.20. The van der Waals surface area contributed by atoms with E-state index in [2.05, 4.69) is 10.6 Å². The topological polar surface area (TPSA) is 111 Å². The van der Waals surface area contributed by atoms with Crippen LogP contribution in [0, 0.1) is 5.92 Å². The van der Waals surface area contributed by atoms with Crippen LogP contribution in [0.3, 0.4) is 0 Å². The lowest BCUT2D eigenvalue weighted by molar-refractivity contribution is -0.128. The minimum Gasteiger partial charge on any atom is -0.445 e. The highest BCUT2D eigenvalue weighted by atomic mass is 16.5. The number of nitrogens with two attached hydrogens (primary N) is 1. The number of carbonyl (C=O) groups is 3. The molecule has 0 aromatic heterocycles. The predicted molar refractivity (Wildman–Crippen MR) is 140 cm³/mol. The standard InChI is InChI=1S/C29H33N3O4/c1-20(2)17-26(32-29(35)36-19-22-9-5-3-6-10-22)28(34)31-25(27(30)33)18-21-13-15-24(16-14-21)23-11-7-4-8-12-23/h3-16,20,25-26H,17-19H2,1-2H3,(H2,30,33)(H,31,34)(H,32,35)/t25-,26+/m1/s1. The molecule has 0 fully saturated rings. The van der Waals surface area contributed by atoms with Crippen molar-refractivity contribution in [1.82, 2.24) is 10.6 Å². The van der Waals surface area contributed by atoms with Crippen LogP contribution >= 0.6 is 0 Å². The molecule has 4 N–H and O–H groups in total. The molecule has 188 valence electrons. The van der Waals surface area contributed by atoms with Crippen LogP contribution in [0.1, 0.15) is 31.4 Å². The predicted octanol–water partition coefficient (Wildman–Crippen LogP) is 4.21. The number of ether oxygens (including phenoxy) is 1. The Kier molecular flexibility index (Phi) is 9.63. The van der Waals surface area contributed by atoms with E-state index in [9.17, 15) is 14.4 Å². The Labute approximate surface area is 212 Å². The molecule has 0 aliphatic heterocycles. The summed E-state index contributed by atoms with van der Waals surface area (Å²) in [7, 11) is 0. The molecule has 0 bridgehead atoms. The Bertz CT molecular complexity index is 1130. The van der Waals surface area contributed by atoms with Gasteiger partial charge < -0.3 is 21.1 Å². The summed E-state index contributed by atoms with van der Waals surface area (Å²) >= 11 is 0. The zero-order valence-corrected chi connectivity index (χ0v) is 20.6. The Morgan fingerprint density at radius 1 is 0.750 bits per heavy atom. The number of hydrogen-bond acceptors (Lipinski definition) is 4. The molecule has 3 aromatic carbocycles. The monoisotopic (exact) mass is 487 g/mol. The summed E-state index contributed by atoms with van der Waals surface area (Å²) in [6.45, 7) is 3.97. The largest absolute Gasteiger partial charge is 0.445 e. The van der Waals surface area contributed by atoms with Crippen molar-refractivity contribution in [3.63, 3.8) is 0 Å². The van der Waals surface area contributed by atoms with Crippen LogP contribution in [0.25, 0.3) is 11.1 Å². The van der Waals surface area contributed by atoms with Gasteiger partial charge in [-0.25, -0.2) is 4.79 Å². The molecule has 3 amide bonds. The quantitative estimate of drug-likeness (QED) is 0.376. The first-order chi connectivity index (χ1) is 17.3. The van der Waals surface area contributed by atoms with Gasteiger partial charge in [0.1, 0.15) is 18.7 Å². The third-order valence-corrected chi connectivity index (χ3v) is 5.69. The molecule has 7 nitrogen and oxygen atoms in total. The molecule has 7 heteroatoms. The molecule has 3 aromatic rings. The second-order valence-corrected chi connectivity index (χ2v) is 9.12. The summed E-state index contributed by atoms with van der Waals surface area (Å²) in [5.41, 5.74) is 9.44. The van der Waals surface area contributed by atoms with Crippen molar-refractivity contribution in [2.75, 3.05) is 0 Å². The van der Waals surface area contributed by atoms with Gasteiger partial charge in [0.25, 0.3) is 0 Å². The first-order valence-corrected chi connectivity index (χ1v) is 12.0. The van der Waals surface area contributed by atoms with Crippen molar-refractivity contribution < 1.29 is 19.1 Å². The minimum absolute atomic E-state index is 0.0889. The van der Waals surface area contributed by atoms with Crippen LogP contribution in [0.15, 0.2) is 84.9 Å². The van der Waals surface area contributed by atoms with E-state index in [1.54, 1.807) is 0 Å². The van der Waals surface area contributed by atoms with E-state index < -0.39 is 30.0 Å². The van der Waals surface area contributed by atoms with Crippen LogP contribution in [-0.4, -0.2) is 30.0 Å². The Morgan fingerprint density at radius 2 is 1.33 bits per heavy atom.